The first-order valence-electron chi connectivity index (χ1n) is 9.51. The number of nitrogens with one attached hydrogen (secondary N) is 1. The number of carbonyl (C=O) groups is 3. The van der Waals surface area contributed by atoms with Crippen LogP contribution in [0.15, 0.2) is 46.8 Å². The van der Waals surface area contributed by atoms with E-state index in [0.29, 0.717) is 42.2 Å². The van der Waals surface area contributed by atoms with E-state index in [4.69, 9.17) is 16.3 Å². The SMILES string of the molecule is CCOC(=O)C1=C2C(=O)NCCN2C2=C(C(=O)CCC2)C1c1ccc(Cl)cc1. The molecule has 146 valence electrons. The first-order chi connectivity index (χ1) is 13.5. The number of hydrogen-bond donors (Lipinski definition) is 1. The van der Waals surface area contributed by atoms with Crippen LogP contribution in [0.3, 0.4) is 0 Å². The molecule has 1 aromatic carbocycles. The van der Waals surface area contributed by atoms with Crippen LogP contribution in [0.4, 0.5) is 0 Å². The fraction of sp³-hybridized carbons (Fsp3) is 0.381. The van der Waals surface area contributed by atoms with Gasteiger partial charge in [-0.3, -0.25) is 9.59 Å². The van der Waals surface area contributed by atoms with Gasteiger partial charge in [0.05, 0.1) is 12.2 Å². The van der Waals surface area contributed by atoms with Gasteiger partial charge in [0.1, 0.15) is 5.70 Å². The molecule has 0 bridgehead atoms. The number of amides is 1. The van der Waals surface area contributed by atoms with Crippen LogP contribution in [-0.2, 0) is 19.1 Å². The van der Waals surface area contributed by atoms with Gasteiger partial charge < -0.3 is 15.0 Å². The minimum atomic E-state index is -0.630. The van der Waals surface area contributed by atoms with Crippen LogP contribution in [0.25, 0.3) is 0 Å². The van der Waals surface area contributed by atoms with E-state index in [1.165, 1.54) is 0 Å². The Morgan fingerprint density at radius 3 is 2.71 bits per heavy atom. The second kappa shape index (κ2) is 7.43. The molecule has 1 atom stereocenters. The summed E-state index contributed by atoms with van der Waals surface area (Å²) in [6.45, 7) is 2.90. The maximum atomic E-state index is 13.0. The predicted octanol–water partition coefficient (Wildman–Crippen LogP) is 2.69. The lowest BCUT2D eigenvalue weighted by atomic mass is 9.74. The standard InChI is InChI=1S/C21H21ClN2O4/c1-2-28-21(27)18-16(12-6-8-13(22)9-7-12)17-14(4-3-5-15(17)25)24-11-10-23-20(26)19(18)24/h6-9,16H,2-5,10-11H2,1H3,(H,23,26). The van der Waals surface area contributed by atoms with Gasteiger partial charge in [0.2, 0.25) is 0 Å². The van der Waals surface area contributed by atoms with E-state index in [0.717, 1.165) is 17.7 Å². The molecule has 1 N–H and O–H groups in total. The van der Waals surface area contributed by atoms with Gasteiger partial charge in [-0.05, 0) is 37.5 Å². The van der Waals surface area contributed by atoms with Crippen molar-refractivity contribution in [2.45, 2.75) is 32.1 Å². The first kappa shape index (κ1) is 18.7. The van der Waals surface area contributed by atoms with Crippen molar-refractivity contribution in [3.05, 3.63) is 57.4 Å². The van der Waals surface area contributed by atoms with E-state index in [1.807, 2.05) is 4.90 Å². The number of Topliss-reactive ketones (excluding diaryl/α,β-unsaturated/α-hetero) is 1. The van der Waals surface area contributed by atoms with Gasteiger partial charge in [-0.2, -0.15) is 0 Å². The van der Waals surface area contributed by atoms with Crippen LogP contribution in [0, 0.1) is 0 Å². The van der Waals surface area contributed by atoms with Crippen molar-refractivity contribution in [3.8, 4) is 0 Å². The maximum absolute atomic E-state index is 13.0. The highest BCUT2D eigenvalue weighted by molar-refractivity contribution is 6.30. The molecule has 0 saturated carbocycles. The molecule has 1 amide bonds. The molecule has 6 nitrogen and oxygen atoms in total. The summed E-state index contributed by atoms with van der Waals surface area (Å²) in [6.07, 6.45) is 1.89. The van der Waals surface area contributed by atoms with Crippen LogP contribution in [-0.4, -0.2) is 42.3 Å². The number of fused-ring (bicyclic) bond motifs is 2. The van der Waals surface area contributed by atoms with Crippen molar-refractivity contribution in [2.24, 2.45) is 0 Å². The summed E-state index contributed by atoms with van der Waals surface area (Å²) in [5, 5.41) is 3.38. The number of benzene rings is 1. The summed E-state index contributed by atoms with van der Waals surface area (Å²) in [5.74, 6) is -1.48. The third kappa shape index (κ3) is 3.02. The number of rotatable bonds is 3. The molecule has 2 heterocycles. The van der Waals surface area contributed by atoms with Crippen molar-refractivity contribution < 1.29 is 19.1 Å². The number of nitrogens with zero attached hydrogens (tertiary/aromatic N) is 1. The molecule has 1 saturated heterocycles. The monoisotopic (exact) mass is 400 g/mol. The Bertz CT molecular complexity index is 917. The molecular formula is C21H21ClN2O4. The second-order valence-electron chi connectivity index (χ2n) is 7.01. The third-order valence-electron chi connectivity index (χ3n) is 5.39. The van der Waals surface area contributed by atoms with E-state index < -0.39 is 11.9 Å². The van der Waals surface area contributed by atoms with Gasteiger partial charge in [-0.15, -0.1) is 0 Å². The molecular weight excluding hydrogens is 380 g/mol. The summed E-state index contributed by atoms with van der Waals surface area (Å²) in [4.78, 5) is 40.6. The Morgan fingerprint density at radius 1 is 1.25 bits per heavy atom. The molecule has 1 unspecified atom stereocenters. The molecule has 28 heavy (non-hydrogen) atoms. The largest absolute Gasteiger partial charge is 0.463 e. The molecule has 4 rings (SSSR count). The quantitative estimate of drug-likeness (QED) is 0.789. The second-order valence-corrected chi connectivity index (χ2v) is 7.45. The number of hydrogen-bond acceptors (Lipinski definition) is 5. The summed E-state index contributed by atoms with van der Waals surface area (Å²) in [7, 11) is 0. The van der Waals surface area contributed by atoms with Crippen molar-refractivity contribution in [2.75, 3.05) is 19.7 Å². The Labute approximate surface area is 168 Å². The zero-order chi connectivity index (χ0) is 19.8. The van der Waals surface area contributed by atoms with E-state index >= 15 is 0 Å². The molecule has 3 aliphatic rings. The smallest absolute Gasteiger partial charge is 0.337 e. The Hall–Kier alpha value is -2.60. The highest BCUT2D eigenvalue weighted by atomic mass is 35.5. The van der Waals surface area contributed by atoms with Crippen LogP contribution in [0.2, 0.25) is 5.02 Å². The van der Waals surface area contributed by atoms with Gasteiger partial charge >= 0.3 is 5.97 Å². The minimum Gasteiger partial charge on any atom is -0.463 e. The average Bonchev–Trinajstić information content (AvgIpc) is 2.68. The molecule has 1 aliphatic carbocycles. The molecule has 0 radical (unpaired) electrons. The third-order valence-corrected chi connectivity index (χ3v) is 5.64. The summed E-state index contributed by atoms with van der Waals surface area (Å²) < 4.78 is 5.31. The topological polar surface area (TPSA) is 75.7 Å². The molecule has 1 fully saturated rings. The normalized spacial score (nSPS) is 21.9. The molecule has 7 heteroatoms. The van der Waals surface area contributed by atoms with E-state index in [2.05, 4.69) is 5.32 Å². The van der Waals surface area contributed by atoms with Gasteiger partial charge in [0, 0.05) is 41.7 Å². The number of ether oxygens (including phenoxy) is 1. The van der Waals surface area contributed by atoms with Gasteiger partial charge in [0.25, 0.3) is 5.91 Å². The number of esters is 1. The number of carbonyl (C=O) groups excluding carboxylic acids is 3. The van der Waals surface area contributed by atoms with Crippen LogP contribution >= 0.6 is 11.6 Å². The minimum absolute atomic E-state index is 0.0213. The molecule has 0 spiro atoms. The predicted molar refractivity (Wildman–Crippen MR) is 103 cm³/mol. The summed E-state index contributed by atoms with van der Waals surface area (Å²) >= 11 is 6.04. The Kier molecular flexibility index (Phi) is 4.98. The van der Waals surface area contributed by atoms with Gasteiger partial charge in [-0.1, -0.05) is 23.7 Å². The molecule has 2 aliphatic heterocycles. The number of halogens is 1. The van der Waals surface area contributed by atoms with Crippen molar-refractivity contribution in [1.82, 2.24) is 10.2 Å². The van der Waals surface area contributed by atoms with Crippen LogP contribution in [0.5, 0.6) is 0 Å². The lowest BCUT2D eigenvalue weighted by Gasteiger charge is -2.43. The van der Waals surface area contributed by atoms with E-state index in [1.54, 1.807) is 31.2 Å². The van der Waals surface area contributed by atoms with E-state index in [-0.39, 0.29) is 23.9 Å². The molecule has 1 aromatic rings. The summed E-state index contributed by atoms with van der Waals surface area (Å²) in [5.41, 5.74) is 2.75. The van der Waals surface area contributed by atoms with Gasteiger partial charge in [0.15, 0.2) is 5.78 Å². The number of piperazine rings is 1. The average molecular weight is 401 g/mol. The van der Waals surface area contributed by atoms with Crippen molar-refractivity contribution >= 4 is 29.3 Å². The lowest BCUT2D eigenvalue weighted by molar-refractivity contribution is -0.139. The van der Waals surface area contributed by atoms with Crippen molar-refractivity contribution in [3.63, 3.8) is 0 Å². The van der Waals surface area contributed by atoms with Gasteiger partial charge in [-0.25, -0.2) is 4.79 Å². The molecule has 0 aromatic heterocycles. The number of allylic oxidation sites excluding steroid dienone is 2. The zero-order valence-corrected chi connectivity index (χ0v) is 16.3. The first-order valence-corrected chi connectivity index (χ1v) is 9.89. The highest BCUT2D eigenvalue weighted by Crippen LogP contribution is 2.46. The maximum Gasteiger partial charge on any atom is 0.337 e. The van der Waals surface area contributed by atoms with Crippen LogP contribution in [0.1, 0.15) is 37.7 Å². The fourth-order valence-corrected chi connectivity index (χ4v) is 4.41. The summed E-state index contributed by atoms with van der Waals surface area (Å²) in [6, 6.07) is 7.06. The van der Waals surface area contributed by atoms with Crippen LogP contribution < -0.4 is 5.32 Å². The zero-order valence-electron chi connectivity index (χ0n) is 15.6. The highest BCUT2D eigenvalue weighted by Gasteiger charge is 2.45. The van der Waals surface area contributed by atoms with Crippen molar-refractivity contribution in [1.29, 1.82) is 0 Å². The Balaban J connectivity index is 1.98. The Morgan fingerprint density at radius 2 is 2.00 bits per heavy atom. The fourth-order valence-electron chi connectivity index (χ4n) is 4.28. The number of ketones is 1. The van der Waals surface area contributed by atoms with E-state index in [9.17, 15) is 14.4 Å². The lowest BCUT2D eigenvalue weighted by Crippen LogP contribution is -2.50.